The lowest BCUT2D eigenvalue weighted by atomic mass is 10.2. The first kappa shape index (κ1) is 14.8. The summed E-state index contributed by atoms with van der Waals surface area (Å²) in [6.45, 7) is 2.65. The van der Waals surface area contributed by atoms with Gasteiger partial charge in [0.15, 0.2) is 0 Å². The number of nitrogens with one attached hydrogen (secondary N) is 1. The molecule has 1 heterocycles. The number of para-hydroxylation sites is 2. The van der Waals surface area contributed by atoms with Gasteiger partial charge in [-0.2, -0.15) is 0 Å². The van der Waals surface area contributed by atoms with Crippen molar-refractivity contribution in [1.82, 2.24) is 4.98 Å². The molecule has 2 aromatic rings. The van der Waals surface area contributed by atoms with Gasteiger partial charge in [0.25, 0.3) is 0 Å². The van der Waals surface area contributed by atoms with Crippen molar-refractivity contribution in [2.45, 2.75) is 19.8 Å². The number of carbonyl (C=O) groups excluding carboxylic acids is 1. The van der Waals surface area contributed by atoms with Crippen molar-refractivity contribution in [2.24, 2.45) is 0 Å². The molecule has 0 unspecified atom stereocenters. The number of rotatable bonds is 6. The second kappa shape index (κ2) is 7.28. The molecule has 0 saturated heterocycles. The minimum absolute atomic E-state index is 0.139. The molecular weight excluding hydrogens is 266 g/mol. The highest BCUT2D eigenvalue weighted by atomic mass is 16.5. The first-order valence-electron chi connectivity index (χ1n) is 6.91. The molecule has 110 valence electrons. The van der Waals surface area contributed by atoms with Gasteiger partial charge in [-0.3, -0.25) is 9.78 Å². The number of nitrogen functional groups attached to an aromatic ring is 1. The van der Waals surface area contributed by atoms with Gasteiger partial charge in [-0.1, -0.05) is 19.1 Å². The van der Waals surface area contributed by atoms with Crippen LogP contribution in [0.1, 0.15) is 19.0 Å². The predicted octanol–water partition coefficient (Wildman–Crippen LogP) is 2.63. The molecule has 5 nitrogen and oxygen atoms in total. The summed E-state index contributed by atoms with van der Waals surface area (Å²) in [6, 6.07) is 10.9. The van der Waals surface area contributed by atoms with Crippen LogP contribution < -0.4 is 15.8 Å². The van der Waals surface area contributed by atoms with Crippen molar-refractivity contribution < 1.29 is 9.53 Å². The minimum Gasteiger partial charge on any atom is -0.491 e. The van der Waals surface area contributed by atoms with E-state index in [0.29, 0.717) is 29.4 Å². The number of pyridine rings is 1. The van der Waals surface area contributed by atoms with Gasteiger partial charge < -0.3 is 15.8 Å². The van der Waals surface area contributed by atoms with E-state index in [9.17, 15) is 4.79 Å². The van der Waals surface area contributed by atoms with Crippen molar-refractivity contribution in [2.75, 3.05) is 17.7 Å². The van der Waals surface area contributed by atoms with Crippen molar-refractivity contribution in [3.8, 4) is 5.75 Å². The average molecular weight is 285 g/mol. The van der Waals surface area contributed by atoms with Crippen LogP contribution in [0.2, 0.25) is 0 Å². The Morgan fingerprint density at radius 1 is 1.29 bits per heavy atom. The highest BCUT2D eigenvalue weighted by Gasteiger charge is 2.09. The fraction of sp³-hybridized carbons (Fsp3) is 0.250. The van der Waals surface area contributed by atoms with Gasteiger partial charge >= 0.3 is 0 Å². The van der Waals surface area contributed by atoms with E-state index in [1.54, 1.807) is 18.3 Å². The molecule has 0 radical (unpaired) electrons. The predicted molar refractivity (Wildman–Crippen MR) is 83.2 cm³/mol. The Bertz CT molecular complexity index is 597. The van der Waals surface area contributed by atoms with Gasteiger partial charge in [0, 0.05) is 5.69 Å². The molecule has 0 fully saturated rings. The number of aromatic nitrogens is 1. The topological polar surface area (TPSA) is 77.2 Å². The lowest BCUT2D eigenvalue weighted by molar-refractivity contribution is -0.115. The third-order valence-corrected chi connectivity index (χ3v) is 2.81. The van der Waals surface area contributed by atoms with Crippen LogP contribution in [0.3, 0.4) is 0 Å². The van der Waals surface area contributed by atoms with E-state index in [0.717, 1.165) is 6.42 Å². The Balaban J connectivity index is 2.00. The van der Waals surface area contributed by atoms with E-state index in [2.05, 4.69) is 10.3 Å². The molecule has 0 bridgehead atoms. The molecule has 1 aromatic carbocycles. The third-order valence-electron chi connectivity index (χ3n) is 2.81. The Morgan fingerprint density at radius 3 is 2.81 bits per heavy atom. The van der Waals surface area contributed by atoms with Crippen LogP contribution in [0.5, 0.6) is 5.75 Å². The van der Waals surface area contributed by atoms with E-state index in [4.69, 9.17) is 10.5 Å². The fourth-order valence-electron chi connectivity index (χ4n) is 1.81. The molecule has 21 heavy (non-hydrogen) atoms. The lowest BCUT2D eigenvalue weighted by Gasteiger charge is -2.11. The van der Waals surface area contributed by atoms with Crippen molar-refractivity contribution in [3.05, 3.63) is 48.3 Å². The summed E-state index contributed by atoms with van der Waals surface area (Å²) < 4.78 is 5.61. The number of hydrogen-bond acceptors (Lipinski definition) is 4. The molecule has 0 aliphatic carbocycles. The highest BCUT2D eigenvalue weighted by molar-refractivity contribution is 5.93. The number of hydrogen-bond donors (Lipinski definition) is 2. The number of benzene rings is 1. The maximum atomic E-state index is 12.1. The standard InChI is InChI=1S/C16H19N3O2/c1-2-9-21-15-6-4-3-5-14(15)19-16(20)10-13-8-7-12(17)11-18-13/h3-8,11H,2,9-10,17H2,1H3,(H,19,20). The smallest absolute Gasteiger partial charge is 0.230 e. The Kier molecular flexibility index (Phi) is 5.15. The molecule has 0 atom stereocenters. The van der Waals surface area contributed by atoms with Crippen molar-refractivity contribution >= 4 is 17.3 Å². The van der Waals surface area contributed by atoms with Gasteiger partial charge in [0.05, 0.1) is 30.6 Å². The first-order valence-corrected chi connectivity index (χ1v) is 6.91. The molecule has 0 saturated carbocycles. The van der Waals surface area contributed by atoms with Crippen LogP contribution in [-0.4, -0.2) is 17.5 Å². The van der Waals surface area contributed by atoms with E-state index in [-0.39, 0.29) is 12.3 Å². The Hall–Kier alpha value is -2.56. The summed E-state index contributed by atoms with van der Waals surface area (Å²) in [6.07, 6.45) is 2.65. The quantitative estimate of drug-likeness (QED) is 0.855. The number of nitrogens with two attached hydrogens (primary N) is 1. The van der Waals surface area contributed by atoms with Gasteiger partial charge in [0.2, 0.25) is 5.91 Å². The number of ether oxygens (including phenoxy) is 1. The maximum Gasteiger partial charge on any atom is 0.230 e. The monoisotopic (exact) mass is 285 g/mol. The zero-order chi connectivity index (χ0) is 15.1. The van der Waals surface area contributed by atoms with Crippen LogP contribution in [-0.2, 0) is 11.2 Å². The van der Waals surface area contributed by atoms with E-state index < -0.39 is 0 Å². The van der Waals surface area contributed by atoms with Gasteiger partial charge in [0.1, 0.15) is 5.75 Å². The zero-order valence-electron chi connectivity index (χ0n) is 12.0. The summed E-state index contributed by atoms with van der Waals surface area (Å²) in [7, 11) is 0. The normalized spacial score (nSPS) is 10.1. The number of anilines is 2. The second-order valence-corrected chi connectivity index (χ2v) is 4.65. The van der Waals surface area contributed by atoms with Gasteiger partial charge in [-0.15, -0.1) is 0 Å². The van der Waals surface area contributed by atoms with Crippen LogP contribution in [0.15, 0.2) is 42.6 Å². The third kappa shape index (κ3) is 4.49. The van der Waals surface area contributed by atoms with Crippen molar-refractivity contribution in [1.29, 1.82) is 0 Å². The average Bonchev–Trinajstić information content (AvgIpc) is 2.49. The van der Waals surface area contributed by atoms with E-state index in [1.807, 2.05) is 31.2 Å². The SMILES string of the molecule is CCCOc1ccccc1NC(=O)Cc1ccc(N)cn1. The van der Waals surface area contributed by atoms with Crippen LogP contribution in [0.25, 0.3) is 0 Å². The molecular formula is C16H19N3O2. The largest absolute Gasteiger partial charge is 0.491 e. The molecule has 0 spiro atoms. The van der Waals surface area contributed by atoms with Crippen LogP contribution >= 0.6 is 0 Å². The first-order chi connectivity index (χ1) is 10.2. The Morgan fingerprint density at radius 2 is 2.10 bits per heavy atom. The van der Waals surface area contributed by atoms with E-state index >= 15 is 0 Å². The number of amides is 1. The summed E-state index contributed by atoms with van der Waals surface area (Å²) in [5.41, 5.74) is 7.50. The second-order valence-electron chi connectivity index (χ2n) is 4.65. The van der Waals surface area contributed by atoms with Crippen LogP contribution in [0.4, 0.5) is 11.4 Å². The molecule has 0 aliphatic rings. The molecule has 3 N–H and O–H groups in total. The number of carbonyl (C=O) groups is 1. The molecule has 1 aromatic heterocycles. The van der Waals surface area contributed by atoms with Crippen molar-refractivity contribution in [3.63, 3.8) is 0 Å². The maximum absolute atomic E-state index is 12.1. The van der Waals surface area contributed by atoms with Crippen LogP contribution in [0, 0.1) is 0 Å². The summed E-state index contributed by atoms with van der Waals surface area (Å²) in [4.78, 5) is 16.2. The van der Waals surface area contributed by atoms with Gasteiger partial charge in [-0.25, -0.2) is 0 Å². The molecule has 1 amide bonds. The summed E-state index contributed by atoms with van der Waals surface area (Å²) in [5.74, 6) is 0.540. The van der Waals surface area contributed by atoms with Gasteiger partial charge in [-0.05, 0) is 30.7 Å². The summed E-state index contributed by atoms with van der Waals surface area (Å²) in [5, 5.41) is 2.85. The molecule has 0 aliphatic heterocycles. The fourth-order valence-corrected chi connectivity index (χ4v) is 1.81. The Labute approximate surface area is 124 Å². The lowest BCUT2D eigenvalue weighted by Crippen LogP contribution is -2.16. The summed E-state index contributed by atoms with van der Waals surface area (Å²) >= 11 is 0. The highest BCUT2D eigenvalue weighted by Crippen LogP contribution is 2.24. The minimum atomic E-state index is -0.139. The van der Waals surface area contributed by atoms with E-state index in [1.165, 1.54) is 0 Å². The molecule has 2 rings (SSSR count). The number of nitrogens with zero attached hydrogens (tertiary/aromatic N) is 1. The zero-order valence-corrected chi connectivity index (χ0v) is 12.0. The molecule has 5 heteroatoms.